The van der Waals surface area contributed by atoms with E-state index in [1.807, 2.05) is 6.92 Å². The number of carbonyl (C=O) groups is 1. The van der Waals surface area contributed by atoms with Crippen LogP contribution in [0, 0.1) is 5.82 Å². The summed E-state index contributed by atoms with van der Waals surface area (Å²) < 4.78 is 59.1. The predicted molar refractivity (Wildman–Crippen MR) is 119 cm³/mol. The van der Waals surface area contributed by atoms with Gasteiger partial charge in [0.15, 0.2) is 5.76 Å². The minimum atomic E-state index is -4.47. The van der Waals surface area contributed by atoms with Gasteiger partial charge in [0, 0.05) is 30.1 Å². The summed E-state index contributed by atoms with van der Waals surface area (Å²) in [5, 5.41) is 8.30. The molecule has 4 heterocycles. The number of fused-ring (bicyclic) bond motifs is 1. The molecule has 4 aromatic rings. The molecule has 0 N–H and O–H groups in total. The highest BCUT2D eigenvalue weighted by Crippen LogP contribution is 2.35. The molecular weight excluding hydrogens is 474 g/mol. The maximum atomic E-state index is 13.5. The van der Waals surface area contributed by atoms with Crippen LogP contribution in [0.4, 0.5) is 23.2 Å². The van der Waals surface area contributed by atoms with Crippen molar-refractivity contribution in [3.8, 4) is 22.6 Å². The lowest BCUT2D eigenvalue weighted by Gasteiger charge is -2.32. The zero-order valence-corrected chi connectivity index (χ0v) is 18.5. The molecule has 3 aromatic heterocycles. The monoisotopic (exact) mass is 491 g/mol. The number of hydrogen-bond donors (Lipinski definition) is 0. The Kier molecular flexibility index (Phi) is 5.94. The maximum Gasteiger partial charge on any atom is 0.416 e. The molecule has 1 aliphatic heterocycles. The number of carbonyl (C=O) groups excluding carboxylic acids is 1. The van der Waals surface area contributed by atoms with E-state index in [0.717, 1.165) is 18.3 Å². The summed E-state index contributed by atoms with van der Waals surface area (Å²) in [6.07, 6.45) is -0.512. The van der Waals surface area contributed by atoms with Gasteiger partial charge in [-0.15, -0.1) is 0 Å². The first kappa shape index (κ1) is 23.5. The molecule has 176 valence electrons. The van der Waals surface area contributed by atoms with Crippen LogP contribution in [0.15, 0.2) is 59.5 Å². The first-order valence-corrected chi connectivity index (χ1v) is 9.87. The summed E-state index contributed by atoms with van der Waals surface area (Å²) >= 11 is 0. The van der Waals surface area contributed by atoms with E-state index in [4.69, 9.17) is 4.52 Å². The number of hydrogen-bond acceptors (Lipinski definition) is 5. The molecule has 0 radical (unpaired) electrons. The van der Waals surface area contributed by atoms with Crippen LogP contribution in [0.25, 0.3) is 22.6 Å². The van der Waals surface area contributed by atoms with Gasteiger partial charge < -0.3 is 9.42 Å². The Morgan fingerprint density at radius 2 is 1.82 bits per heavy atom. The molecule has 1 atom stereocenters. The molecule has 0 saturated heterocycles. The zero-order chi connectivity index (χ0) is 23.3. The van der Waals surface area contributed by atoms with Gasteiger partial charge in [0.05, 0.1) is 29.6 Å². The number of alkyl halides is 3. The van der Waals surface area contributed by atoms with Crippen LogP contribution in [-0.2, 0) is 6.18 Å². The summed E-state index contributed by atoms with van der Waals surface area (Å²) in [6, 6.07) is 6.96. The molecule has 0 spiro atoms. The van der Waals surface area contributed by atoms with Crippen molar-refractivity contribution in [2.75, 3.05) is 11.4 Å². The second kappa shape index (κ2) is 8.60. The normalized spacial score (nSPS) is 15.7. The topological polar surface area (TPSA) is 77.1 Å². The van der Waals surface area contributed by atoms with Crippen LogP contribution in [-0.4, -0.2) is 32.4 Å². The van der Waals surface area contributed by atoms with Gasteiger partial charge in [-0.25, -0.2) is 4.39 Å². The Hall–Kier alpha value is -3.67. The number of anilines is 1. The minimum absolute atomic E-state index is 0. The summed E-state index contributed by atoms with van der Waals surface area (Å²) in [4.78, 5) is 18.5. The summed E-state index contributed by atoms with van der Waals surface area (Å²) in [5.74, 6) is -0.713. The number of rotatable bonds is 3. The molecule has 1 aromatic carbocycles. The Labute approximate surface area is 197 Å². The fourth-order valence-electron chi connectivity index (χ4n) is 3.79. The highest BCUT2D eigenvalue weighted by atomic mass is 32.1. The van der Waals surface area contributed by atoms with Crippen molar-refractivity contribution in [3.05, 3.63) is 72.1 Å². The lowest BCUT2D eigenvalue weighted by molar-refractivity contribution is -0.137. The first-order valence-electron chi connectivity index (χ1n) is 9.87. The van der Waals surface area contributed by atoms with Gasteiger partial charge in [0.2, 0.25) is 0 Å². The van der Waals surface area contributed by atoms with Crippen molar-refractivity contribution >= 4 is 25.1 Å². The van der Waals surface area contributed by atoms with E-state index in [1.165, 1.54) is 35.5 Å². The Bertz CT molecular complexity index is 1350. The Morgan fingerprint density at radius 3 is 2.50 bits per heavy atom. The molecule has 0 saturated carbocycles. The van der Waals surface area contributed by atoms with Crippen LogP contribution >= 0.6 is 13.5 Å². The molecule has 7 nitrogen and oxygen atoms in total. The van der Waals surface area contributed by atoms with Crippen LogP contribution in [0.2, 0.25) is 0 Å². The Morgan fingerprint density at radius 1 is 1.09 bits per heavy atom. The molecule has 0 unspecified atom stereocenters. The lowest BCUT2D eigenvalue weighted by Crippen LogP contribution is -2.42. The second-order valence-corrected chi connectivity index (χ2v) is 7.63. The SMILES string of the molecule is C[C@H]1CN(c2ccc(C(F)(F)F)cc2)C(=O)c2c(-c3cc(-c4cncc(F)c4)on3)cnn21.S. The minimum Gasteiger partial charge on any atom is -0.356 e. The molecule has 12 heteroatoms. The molecule has 34 heavy (non-hydrogen) atoms. The summed E-state index contributed by atoms with van der Waals surface area (Å²) in [7, 11) is 0. The fourth-order valence-corrected chi connectivity index (χ4v) is 3.79. The van der Waals surface area contributed by atoms with E-state index < -0.39 is 23.5 Å². The van der Waals surface area contributed by atoms with Crippen molar-refractivity contribution in [1.29, 1.82) is 0 Å². The highest BCUT2D eigenvalue weighted by molar-refractivity contribution is 7.59. The van der Waals surface area contributed by atoms with Crippen LogP contribution < -0.4 is 4.90 Å². The average molecular weight is 491 g/mol. The van der Waals surface area contributed by atoms with E-state index in [-0.39, 0.29) is 37.5 Å². The van der Waals surface area contributed by atoms with Gasteiger partial charge in [-0.2, -0.15) is 31.8 Å². The van der Waals surface area contributed by atoms with Crippen molar-refractivity contribution in [2.45, 2.75) is 19.1 Å². The zero-order valence-electron chi connectivity index (χ0n) is 17.5. The van der Waals surface area contributed by atoms with Gasteiger partial charge in [-0.3, -0.25) is 14.5 Å². The molecular formula is C22H17F4N5O2S. The largest absolute Gasteiger partial charge is 0.416 e. The number of pyridine rings is 1. The van der Waals surface area contributed by atoms with Gasteiger partial charge in [0.25, 0.3) is 5.91 Å². The average Bonchev–Trinajstić information content (AvgIpc) is 3.43. The van der Waals surface area contributed by atoms with Gasteiger partial charge in [0.1, 0.15) is 17.2 Å². The molecule has 5 rings (SSSR count). The van der Waals surface area contributed by atoms with E-state index in [0.29, 0.717) is 22.5 Å². The number of amides is 1. The van der Waals surface area contributed by atoms with Gasteiger partial charge >= 0.3 is 6.18 Å². The molecule has 0 bridgehead atoms. The third-order valence-electron chi connectivity index (χ3n) is 5.39. The lowest BCUT2D eigenvalue weighted by atomic mass is 10.1. The maximum absolute atomic E-state index is 13.5. The standard InChI is InChI=1S/C22H15F4N5O2.H2S/c1-12-11-30(16-4-2-14(3-5-16)22(24,25)26)21(32)20-17(10-28-31(12)20)18-7-19(33-29-18)13-6-15(23)9-27-8-13;/h2-10,12H,11H2,1H3;1H2/t12-;/m0./s1. The van der Waals surface area contributed by atoms with Gasteiger partial charge in [-0.1, -0.05) is 5.16 Å². The second-order valence-electron chi connectivity index (χ2n) is 7.63. The van der Waals surface area contributed by atoms with E-state index in [9.17, 15) is 22.4 Å². The Balaban J connectivity index is 0.00000274. The number of benzene rings is 1. The smallest absolute Gasteiger partial charge is 0.356 e. The summed E-state index contributed by atoms with van der Waals surface area (Å²) in [6.45, 7) is 2.08. The van der Waals surface area contributed by atoms with Crippen molar-refractivity contribution in [3.63, 3.8) is 0 Å². The quantitative estimate of drug-likeness (QED) is 0.373. The number of nitrogens with zero attached hydrogens (tertiary/aromatic N) is 5. The van der Waals surface area contributed by atoms with E-state index >= 15 is 0 Å². The van der Waals surface area contributed by atoms with E-state index in [1.54, 1.807) is 10.7 Å². The molecule has 0 fully saturated rings. The van der Waals surface area contributed by atoms with Crippen molar-refractivity contribution < 1.29 is 26.9 Å². The third-order valence-corrected chi connectivity index (χ3v) is 5.39. The van der Waals surface area contributed by atoms with Crippen molar-refractivity contribution in [1.82, 2.24) is 19.9 Å². The fraction of sp³-hybridized carbons (Fsp3) is 0.182. The van der Waals surface area contributed by atoms with Crippen LogP contribution in [0.5, 0.6) is 0 Å². The molecule has 0 aliphatic carbocycles. The number of halogens is 4. The predicted octanol–water partition coefficient (Wildman–Crippen LogP) is 5.09. The van der Waals surface area contributed by atoms with Crippen LogP contribution in [0.1, 0.15) is 29.0 Å². The van der Waals surface area contributed by atoms with Crippen LogP contribution in [0.3, 0.4) is 0 Å². The molecule has 1 aliphatic rings. The first-order chi connectivity index (χ1) is 15.7. The van der Waals surface area contributed by atoms with Gasteiger partial charge in [-0.05, 0) is 37.3 Å². The summed E-state index contributed by atoms with van der Waals surface area (Å²) in [5.41, 5.74) is 0.848. The third kappa shape index (κ3) is 4.04. The van der Waals surface area contributed by atoms with E-state index in [2.05, 4.69) is 15.2 Å². The molecule has 1 amide bonds. The van der Waals surface area contributed by atoms with Crippen molar-refractivity contribution in [2.24, 2.45) is 0 Å². The highest BCUT2D eigenvalue weighted by Gasteiger charge is 2.35. The number of aromatic nitrogens is 4.